The summed E-state index contributed by atoms with van der Waals surface area (Å²) in [5.41, 5.74) is 3.22. The first-order valence-electron chi connectivity index (χ1n) is 12.6. The second-order valence-electron chi connectivity index (χ2n) is 10.6. The van der Waals surface area contributed by atoms with Crippen LogP contribution in [0, 0.1) is 6.92 Å². The quantitative estimate of drug-likeness (QED) is 0.231. The summed E-state index contributed by atoms with van der Waals surface area (Å²) in [6.07, 6.45) is 6.14. The van der Waals surface area contributed by atoms with E-state index in [0.29, 0.717) is 41.8 Å². The molecule has 11 heteroatoms. The highest BCUT2D eigenvalue weighted by atomic mass is 16.5. The smallest absolute Gasteiger partial charge is 0.222 e. The fraction of sp³-hybridized carbons (Fsp3) is 0.444. The predicted molar refractivity (Wildman–Crippen MR) is 148 cm³/mol. The number of anilines is 2. The zero-order chi connectivity index (χ0) is 27.8. The van der Waals surface area contributed by atoms with Gasteiger partial charge in [-0.15, -0.1) is 0 Å². The van der Waals surface area contributed by atoms with Gasteiger partial charge in [0.25, 0.3) is 0 Å². The Morgan fingerprint density at radius 1 is 1.34 bits per heavy atom. The summed E-state index contributed by atoms with van der Waals surface area (Å²) in [7, 11) is 1.91. The Bertz CT molecular complexity index is 1430. The van der Waals surface area contributed by atoms with Crippen LogP contribution in [0.25, 0.3) is 11.2 Å². The summed E-state index contributed by atoms with van der Waals surface area (Å²) < 4.78 is 10.1. The lowest BCUT2D eigenvalue weighted by atomic mass is 9.87. The molecular weight excluding hydrogens is 484 g/mol. The van der Waals surface area contributed by atoms with Crippen LogP contribution in [0.5, 0.6) is 5.75 Å². The van der Waals surface area contributed by atoms with Gasteiger partial charge in [-0.3, -0.25) is 9.48 Å². The van der Waals surface area contributed by atoms with E-state index in [0.717, 1.165) is 16.8 Å². The van der Waals surface area contributed by atoms with E-state index in [9.17, 15) is 9.90 Å². The number of ether oxygens (including phenoxy) is 1. The van der Waals surface area contributed by atoms with Gasteiger partial charge in [0.15, 0.2) is 17.2 Å². The Morgan fingerprint density at radius 2 is 2.05 bits per heavy atom. The molecule has 1 fully saturated rings. The molecule has 3 N–H and O–H groups in total. The van der Waals surface area contributed by atoms with E-state index < -0.39 is 0 Å². The molecule has 0 unspecified atom stereocenters. The molecular formula is C27H36N8O3. The van der Waals surface area contributed by atoms with Gasteiger partial charge in [-0.25, -0.2) is 9.98 Å². The first-order chi connectivity index (χ1) is 17.9. The predicted octanol–water partition coefficient (Wildman–Crippen LogP) is 4.17. The summed E-state index contributed by atoms with van der Waals surface area (Å²) in [6, 6.07) is 2.24. The second kappa shape index (κ2) is 10.4. The number of imidazole rings is 1. The zero-order valence-electron chi connectivity index (χ0n) is 23.0. The topological polar surface area (TPSA) is 131 Å². The molecule has 0 aromatic carbocycles. The molecule has 0 radical (unpaired) electrons. The number of fused-ring (bicyclic) bond motifs is 1. The number of carbonyl (C=O) groups is 1. The van der Waals surface area contributed by atoms with Gasteiger partial charge in [0.05, 0.1) is 23.9 Å². The molecule has 0 saturated heterocycles. The second-order valence-corrected chi connectivity index (χ2v) is 10.6. The number of aliphatic hydroxyl groups is 1. The van der Waals surface area contributed by atoms with E-state index >= 15 is 0 Å². The van der Waals surface area contributed by atoms with E-state index in [1.165, 1.54) is 6.92 Å². The lowest BCUT2D eigenvalue weighted by molar-refractivity contribution is -0.118. The number of rotatable bonds is 8. The Hall–Kier alpha value is -3.99. The highest BCUT2D eigenvalue weighted by molar-refractivity contribution is 5.81. The number of aryl methyl sites for hydroxylation is 2. The van der Waals surface area contributed by atoms with Crippen molar-refractivity contribution in [1.29, 1.82) is 0 Å². The number of hydrogen-bond acceptors (Lipinski definition) is 8. The Morgan fingerprint density at radius 3 is 2.63 bits per heavy atom. The van der Waals surface area contributed by atoms with Crippen LogP contribution in [0.4, 0.5) is 11.8 Å². The van der Waals surface area contributed by atoms with E-state index in [-0.39, 0.29) is 29.3 Å². The summed E-state index contributed by atoms with van der Waals surface area (Å²) in [6.45, 7) is 15.1. The number of carbonyl (C=O) groups excluding carboxylic acids is 1. The van der Waals surface area contributed by atoms with E-state index in [4.69, 9.17) is 14.8 Å². The van der Waals surface area contributed by atoms with Crippen molar-refractivity contribution in [2.45, 2.75) is 71.9 Å². The van der Waals surface area contributed by atoms with Crippen LogP contribution in [-0.2, 0) is 17.3 Å². The maximum Gasteiger partial charge on any atom is 0.222 e. The van der Waals surface area contributed by atoms with Crippen LogP contribution in [0.2, 0.25) is 0 Å². The average Bonchev–Trinajstić information content (AvgIpc) is 3.38. The number of aliphatic imine (C=N–C) groups is 1. The molecule has 1 aliphatic rings. The van der Waals surface area contributed by atoms with Crippen molar-refractivity contribution in [3.05, 3.63) is 47.3 Å². The molecule has 3 aromatic heterocycles. The number of amides is 1. The van der Waals surface area contributed by atoms with E-state index in [1.54, 1.807) is 18.3 Å². The summed E-state index contributed by atoms with van der Waals surface area (Å²) in [5.74, 6) is 2.35. The largest absolute Gasteiger partial charge is 0.456 e. The molecule has 0 bridgehead atoms. The number of nitrogens with one attached hydrogen (secondary N) is 2. The zero-order valence-corrected chi connectivity index (χ0v) is 23.0. The summed E-state index contributed by atoms with van der Waals surface area (Å²) in [4.78, 5) is 24.4. The monoisotopic (exact) mass is 520 g/mol. The third kappa shape index (κ3) is 5.47. The first-order valence-corrected chi connectivity index (χ1v) is 12.6. The Kier molecular flexibility index (Phi) is 7.41. The minimum atomic E-state index is -0.262. The minimum Gasteiger partial charge on any atom is -0.456 e. The molecule has 11 nitrogen and oxygen atoms in total. The number of allylic oxidation sites excluding steroid dienone is 2. The van der Waals surface area contributed by atoms with Crippen LogP contribution in [0.3, 0.4) is 0 Å². The van der Waals surface area contributed by atoms with Crippen molar-refractivity contribution < 1.29 is 14.6 Å². The maximum atomic E-state index is 11.4. The molecule has 3 heterocycles. The van der Waals surface area contributed by atoms with Gasteiger partial charge in [-0.1, -0.05) is 20.8 Å². The first kappa shape index (κ1) is 27.1. The molecule has 3 aromatic rings. The number of pyridine rings is 1. The number of hydrogen-bond donors (Lipinski definition) is 3. The van der Waals surface area contributed by atoms with Crippen molar-refractivity contribution in [2.75, 3.05) is 5.32 Å². The lowest BCUT2D eigenvalue weighted by Crippen LogP contribution is -2.34. The molecule has 0 atom stereocenters. The van der Waals surface area contributed by atoms with Crippen LogP contribution in [-0.4, -0.2) is 48.2 Å². The summed E-state index contributed by atoms with van der Waals surface area (Å²) in [5, 5.41) is 20.6. The van der Waals surface area contributed by atoms with Crippen LogP contribution in [0.1, 0.15) is 64.8 Å². The van der Waals surface area contributed by atoms with Gasteiger partial charge in [-0.2, -0.15) is 10.1 Å². The van der Waals surface area contributed by atoms with Crippen LogP contribution < -0.4 is 15.4 Å². The van der Waals surface area contributed by atoms with E-state index in [1.807, 2.05) is 36.2 Å². The fourth-order valence-electron chi connectivity index (χ4n) is 4.44. The molecule has 0 aliphatic heterocycles. The molecule has 202 valence electrons. The van der Waals surface area contributed by atoms with Gasteiger partial charge in [0, 0.05) is 42.8 Å². The van der Waals surface area contributed by atoms with Crippen molar-refractivity contribution in [3.63, 3.8) is 0 Å². The molecule has 1 amide bonds. The third-order valence-electron chi connectivity index (χ3n) is 6.55. The number of nitrogens with zero attached hydrogens (tertiary/aromatic N) is 6. The van der Waals surface area contributed by atoms with Crippen molar-refractivity contribution in [3.8, 4) is 5.75 Å². The van der Waals surface area contributed by atoms with E-state index in [2.05, 4.69) is 48.1 Å². The summed E-state index contributed by atoms with van der Waals surface area (Å²) >= 11 is 0. The van der Waals surface area contributed by atoms with Crippen LogP contribution >= 0.6 is 0 Å². The van der Waals surface area contributed by atoms with Crippen molar-refractivity contribution in [1.82, 2.24) is 29.6 Å². The average molecular weight is 521 g/mol. The normalized spacial score (nSPS) is 18.3. The van der Waals surface area contributed by atoms with Gasteiger partial charge in [-0.05, 0) is 39.5 Å². The number of aliphatic hydroxyl groups excluding tert-OH is 1. The fourth-order valence-corrected chi connectivity index (χ4v) is 4.44. The molecule has 4 rings (SSSR count). The molecule has 1 saturated carbocycles. The van der Waals surface area contributed by atoms with Crippen LogP contribution in [0.15, 0.2) is 41.0 Å². The Balaban J connectivity index is 1.63. The SMILES string of the molecule is C=N/C(=C\C(=C/C)Oc1cnc2nc(Nc3cc(C(C)(C)C)n(C4CC(O)C4)n3)n(C)c2c1C)NC(C)=O. The van der Waals surface area contributed by atoms with Gasteiger partial charge in [0.2, 0.25) is 11.9 Å². The molecule has 0 spiro atoms. The van der Waals surface area contributed by atoms with Crippen molar-refractivity contribution >= 4 is 35.6 Å². The van der Waals surface area contributed by atoms with Gasteiger partial charge < -0.3 is 25.0 Å². The third-order valence-corrected chi connectivity index (χ3v) is 6.55. The lowest BCUT2D eigenvalue weighted by Gasteiger charge is -2.34. The molecule has 1 aliphatic carbocycles. The van der Waals surface area contributed by atoms with Gasteiger partial charge in [0.1, 0.15) is 11.6 Å². The minimum absolute atomic E-state index is 0.107. The standard InChI is InChI=1S/C27H36N8O3/c1-9-19(12-22(28-7)30-16(3)36)38-20-14-29-25-24(15(20)2)34(8)26(32-25)31-23-13-21(27(4,5)6)35(33-23)17-10-18(37)11-17/h9,12-14,17-18,37H,7,10-11H2,1-6,8H3,(H,30,36)(H,29,31,32,33)/b19-9+,22-12+. The van der Waals surface area contributed by atoms with Crippen molar-refractivity contribution in [2.24, 2.45) is 12.0 Å². The Labute approximate surface area is 222 Å². The maximum absolute atomic E-state index is 11.4. The molecule has 38 heavy (non-hydrogen) atoms. The number of aromatic nitrogens is 5. The van der Waals surface area contributed by atoms with Gasteiger partial charge >= 0.3 is 0 Å². The highest BCUT2D eigenvalue weighted by Crippen LogP contribution is 2.37. The highest BCUT2D eigenvalue weighted by Gasteiger charge is 2.34.